The van der Waals surface area contributed by atoms with E-state index in [-0.39, 0.29) is 0 Å². The molecule has 118 valence electrons. The Kier molecular flexibility index (Phi) is 5.27. The summed E-state index contributed by atoms with van der Waals surface area (Å²) in [6.45, 7) is 5.99. The van der Waals surface area contributed by atoms with Crippen molar-refractivity contribution in [1.82, 2.24) is 19.8 Å². The minimum Gasteiger partial charge on any atom is -0.383 e. The number of ether oxygens (including phenoxy) is 1. The summed E-state index contributed by atoms with van der Waals surface area (Å²) in [5, 5.41) is 3.69. The number of hydrogen-bond donors (Lipinski definition) is 1. The van der Waals surface area contributed by atoms with Gasteiger partial charge in [-0.1, -0.05) is 12.8 Å². The Morgan fingerprint density at radius 2 is 2.14 bits per heavy atom. The van der Waals surface area contributed by atoms with Crippen molar-refractivity contribution in [3.8, 4) is 0 Å². The molecule has 0 bridgehead atoms. The van der Waals surface area contributed by atoms with Crippen LogP contribution in [0.4, 0.5) is 0 Å². The first kappa shape index (κ1) is 15.0. The number of methoxy groups -OCH3 is 1. The number of fused-ring (bicyclic) bond motifs is 1. The van der Waals surface area contributed by atoms with Crippen molar-refractivity contribution in [1.29, 1.82) is 0 Å². The van der Waals surface area contributed by atoms with E-state index in [1.165, 1.54) is 43.5 Å². The van der Waals surface area contributed by atoms with Crippen LogP contribution in [-0.2, 0) is 24.4 Å². The molecule has 1 aliphatic carbocycles. The zero-order valence-corrected chi connectivity index (χ0v) is 13.2. The first-order chi connectivity index (χ1) is 10.4. The predicted molar refractivity (Wildman–Crippen MR) is 83.1 cm³/mol. The Morgan fingerprint density at radius 3 is 2.95 bits per heavy atom. The van der Waals surface area contributed by atoms with Gasteiger partial charge in [0.15, 0.2) is 0 Å². The van der Waals surface area contributed by atoms with Gasteiger partial charge in [-0.25, -0.2) is 4.98 Å². The summed E-state index contributed by atoms with van der Waals surface area (Å²) in [6, 6.07) is 0.706. The Balaban J connectivity index is 1.62. The molecule has 1 saturated carbocycles. The largest absolute Gasteiger partial charge is 0.383 e. The topological polar surface area (TPSA) is 42.3 Å². The molecule has 0 amide bonds. The maximum Gasteiger partial charge on any atom is 0.0952 e. The third-order valence-electron chi connectivity index (χ3n) is 4.80. The Hall–Kier alpha value is -0.910. The molecule has 5 nitrogen and oxygen atoms in total. The Bertz CT molecular complexity index is 439. The number of nitrogens with one attached hydrogen (secondary N) is 1. The van der Waals surface area contributed by atoms with E-state index >= 15 is 0 Å². The molecule has 0 spiro atoms. The highest BCUT2D eigenvalue weighted by molar-refractivity contribution is 5.14. The van der Waals surface area contributed by atoms with Crippen molar-refractivity contribution >= 4 is 0 Å². The van der Waals surface area contributed by atoms with Crippen molar-refractivity contribution in [2.45, 2.75) is 57.8 Å². The molecule has 1 aromatic rings. The smallest absolute Gasteiger partial charge is 0.0952 e. The summed E-state index contributed by atoms with van der Waals surface area (Å²) in [4.78, 5) is 7.15. The summed E-state index contributed by atoms with van der Waals surface area (Å²) in [6.07, 6.45) is 8.64. The fourth-order valence-corrected chi connectivity index (χ4v) is 3.51. The molecule has 1 fully saturated rings. The van der Waals surface area contributed by atoms with Gasteiger partial charge in [0.1, 0.15) is 0 Å². The highest BCUT2D eigenvalue weighted by Gasteiger charge is 2.20. The van der Waals surface area contributed by atoms with Gasteiger partial charge in [0, 0.05) is 45.9 Å². The van der Waals surface area contributed by atoms with Gasteiger partial charge in [-0.2, -0.15) is 0 Å². The molecular formula is C16H28N4O. The zero-order valence-electron chi connectivity index (χ0n) is 13.2. The number of nitrogens with zero attached hydrogens (tertiary/aromatic N) is 3. The summed E-state index contributed by atoms with van der Waals surface area (Å²) in [5.74, 6) is 0. The molecule has 0 unspecified atom stereocenters. The van der Waals surface area contributed by atoms with E-state index in [1.807, 2.05) is 6.33 Å². The number of aromatic nitrogens is 2. The van der Waals surface area contributed by atoms with Crippen LogP contribution in [0.25, 0.3) is 0 Å². The summed E-state index contributed by atoms with van der Waals surface area (Å²) in [7, 11) is 1.78. The predicted octanol–water partition coefficient (Wildman–Crippen LogP) is 1.77. The lowest BCUT2D eigenvalue weighted by molar-refractivity contribution is 0.145. The first-order valence-electron chi connectivity index (χ1n) is 8.34. The molecule has 2 heterocycles. The molecule has 0 radical (unpaired) electrons. The fraction of sp³-hybridized carbons (Fsp3) is 0.812. The van der Waals surface area contributed by atoms with Crippen LogP contribution in [0.5, 0.6) is 0 Å². The highest BCUT2D eigenvalue weighted by Crippen LogP contribution is 2.20. The summed E-state index contributed by atoms with van der Waals surface area (Å²) in [5.41, 5.74) is 2.64. The van der Waals surface area contributed by atoms with Gasteiger partial charge >= 0.3 is 0 Å². The second-order valence-corrected chi connectivity index (χ2v) is 6.32. The molecule has 0 atom stereocenters. The zero-order chi connectivity index (χ0) is 14.5. The molecule has 1 aromatic heterocycles. The van der Waals surface area contributed by atoms with Crippen molar-refractivity contribution in [3.63, 3.8) is 0 Å². The SMILES string of the molecule is COCCN1CCCn2cnc(CNC3CCCC3)c2C1. The monoisotopic (exact) mass is 292 g/mol. The molecule has 0 aromatic carbocycles. The lowest BCUT2D eigenvalue weighted by Crippen LogP contribution is -2.29. The maximum atomic E-state index is 5.22. The molecule has 21 heavy (non-hydrogen) atoms. The van der Waals surface area contributed by atoms with E-state index in [2.05, 4.69) is 19.8 Å². The van der Waals surface area contributed by atoms with Crippen LogP contribution in [0.15, 0.2) is 6.33 Å². The minimum absolute atomic E-state index is 0.706. The van der Waals surface area contributed by atoms with Gasteiger partial charge in [-0.15, -0.1) is 0 Å². The third-order valence-corrected chi connectivity index (χ3v) is 4.80. The molecular weight excluding hydrogens is 264 g/mol. The van der Waals surface area contributed by atoms with Crippen LogP contribution in [-0.4, -0.2) is 47.3 Å². The standard InChI is InChI=1S/C16H28N4O/c1-21-10-9-19-7-4-8-20-13-18-15(16(20)12-19)11-17-14-5-2-3-6-14/h13-14,17H,2-12H2,1H3. The second kappa shape index (κ2) is 7.38. The van der Waals surface area contributed by atoms with Crippen molar-refractivity contribution in [3.05, 3.63) is 17.7 Å². The van der Waals surface area contributed by atoms with Crippen molar-refractivity contribution in [2.75, 3.05) is 26.8 Å². The molecule has 1 N–H and O–H groups in total. The quantitative estimate of drug-likeness (QED) is 0.868. The maximum absolute atomic E-state index is 5.22. The molecule has 1 aliphatic heterocycles. The van der Waals surface area contributed by atoms with Crippen LogP contribution >= 0.6 is 0 Å². The average Bonchev–Trinajstić information content (AvgIpc) is 3.09. The number of aryl methyl sites for hydroxylation is 1. The van der Waals surface area contributed by atoms with Crippen LogP contribution < -0.4 is 5.32 Å². The lowest BCUT2D eigenvalue weighted by Gasteiger charge is -2.19. The van der Waals surface area contributed by atoms with E-state index in [9.17, 15) is 0 Å². The summed E-state index contributed by atoms with van der Waals surface area (Å²) >= 11 is 0. The highest BCUT2D eigenvalue weighted by atomic mass is 16.5. The fourth-order valence-electron chi connectivity index (χ4n) is 3.51. The van der Waals surface area contributed by atoms with Crippen molar-refractivity contribution in [2.24, 2.45) is 0 Å². The van der Waals surface area contributed by atoms with Gasteiger partial charge in [0.05, 0.1) is 24.3 Å². The van der Waals surface area contributed by atoms with Crippen LogP contribution in [0.1, 0.15) is 43.5 Å². The second-order valence-electron chi connectivity index (χ2n) is 6.32. The van der Waals surface area contributed by atoms with E-state index in [0.717, 1.165) is 39.3 Å². The van der Waals surface area contributed by atoms with E-state index in [0.29, 0.717) is 6.04 Å². The molecule has 3 rings (SSSR count). The summed E-state index contributed by atoms with van der Waals surface area (Å²) < 4.78 is 7.57. The van der Waals surface area contributed by atoms with E-state index < -0.39 is 0 Å². The van der Waals surface area contributed by atoms with Crippen LogP contribution in [0, 0.1) is 0 Å². The molecule has 5 heteroatoms. The van der Waals surface area contributed by atoms with Gasteiger partial charge in [0.25, 0.3) is 0 Å². The lowest BCUT2D eigenvalue weighted by atomic mass is 10.2. The number of hydrogen-bond acceptors (Lipinski definition) is 4. The van der Waals surface area contributed by atoms with Gasteiger partial charge in [-0.05, 0) is 19.3 Å². The Labute approximate surface area is 127 Å². The van der Waals surface area contributed by atoms with E-state index in [4.69, 9.17) is 4.74 Å². The number of imidazole rings is 1. The first-order valence-corrected chi connectivity index (χ1v) is 8.34. The molecule has 0 saturated heterocycles. The molecule has 2 aliphatic rings. The third kappa shape index (κ3) is 3.84. The van der Waals surface area contributed by atoms with E-state index in [1.54, 1.807) is 7.11 Å². The van der Waals surface area contributed by atoms with Gasteiger partial charge in [-0.3, -0.25) is 4.90 Å². The van der Waals surface area contributed by atoms with Crippen molar-refractivity contribution < 1.29 is 4.74 Å². The van der Waals surface area contributed by atoms with Gasteiger partial charge < -0.3 is 14.6 Å². The van der Waals surface area contributed by atoms with Gasteiger partial charge in [0.2, 0.25) is 0 Å². The minimum atomic E-state index is 0.706. The van der Waals surface area contributed by atoms with Crippen LogP contribution in [0.2, 0.25) is 0 Å². The Morgan fingerprint density at radius 1 is 1.29 bits per heavy atom. The normalized spacial score (nSPS) is 20.6. The van der Waals surface area contributed by atoms with Crippen LogP contribution in [0.3, 0.4) is 0 Å². The average molecular weight is 292 g/mol. The number of rotatable bonds is 6.